The van der Waals surface area contributed by atoms with Crippen molar-refractivity contribution in [3.8, 4) is 5.75 Å². The second-order valence-corrected chi connectivity index (χ2v) is 7.44. The summed E-state index contributed by atoms with van der Waals surface area (Å²) in [7, 11) is 1.65. The number of methoxy groups -OCH3 is 1. The van der Waals surface area contributed by atoms with Crippen molar-refractivity contribution in [2.45, 2.75) is 6.17 Å². The Morgan fingerprint density at radius 1 is 1.03 bits per heavy atom. The van der Waals surface area contributed by atoms with Gasteiger partial charge in [0.15, 0.2) is 12.5 Å². The average molecular weight is 450 g/mol. The average Bonchev–Trinajstić information content (AvgIpc) is 2.79. The van der Waals surface area contributed by atoms with E-state index in [1.165, 1.54) is 0 Å². The molecule has 0 aromatic heterocycles. The van der Waals surface area contributed by atoms with Crippen molar-refractivity contribution in [3.05, 3.63) is 88.9 Å². The predicted octanol–water partition coefficient (Wildman–Crippen LogP) is 4.71. The number of anilines is 2. The first kappa shape index (κ1) is 19.2. The van der Waals surface area contributed by atoms with Crippen LogP contribution in [0.1, 0.15) is 5.56 Å². The summed E-state index contributed by atoms with van der Waals surface area (Å²) < 4.78 is 6.31. The van der Waals surface area contributed by atoms with E-state index in [0.717, 1.165) is 39.2 Å². The zero-order valence-electron chi connectivity index (χ0n) is 15.9. The molecule has 0 fully saturated rings. The molecule has 0 spiro atoms. The standard InChI is InChI=1S/C23H20BrN3O2/c1-29-19-11-7-8-17(14-19)21-15-26(22-13-6-5-12-20(22)24)23(16-28)27(25-21)18-9-3-2-4-10-18/h2-14,16,23H,15H2,1H3. The minimum Gasteiger partial charge on any atom is -0.497 e. The Labute approximate surface area is 178 Å². The smallest absolute Gasteiger partial charge is 0.180 e. The van der Waals surface area contributed by atoms with Gasteiger partial charge < -0.3 is 9.64 Å². The molecule has 0 amide bonds. The van der Waals surface area contributed by atoms with Crippen molar-refractivity contribution >= 4 is 39.3 Å². The third kappa shape index (κ3) is 3.89. The summed E-state index contributed by atoms with van der Waals surface area (Å²) in [5, 5.41) is 6.63. The van der Waals surface area contributed by atoms with Gasteiger partial charge in [-0.3, -0.25) is 4.79 Å². The van der Waals surface area contributed by atoms with Gasteiger partial charge in [-0.2, -0.15) is 5.10 Å². The Morgan fingerprint density at radius 2 is 1.79 bits per heavy atom. The number of nitrogens with zero attached hydrogens (tertiary/aromatic N) is 3. The van der Waals surface area contributed by atoms with Crippen LogP contribution in [-0.2, 0) is 4.79 Å². The minimum absolute atomic E-state index is 0.489. The van der Waals surface area contributed by atoms with E-state index in [-0.39, 0.29) is 0 Å². The molecule has 0 radical (unpaired) electrons. The molecule has 0 N–H and O–H groups in total. The second kappa shape index (κ2) is 8.49. The van der Waals surface area contributed by atoms with Crippen LogP contribution in [0, 0.1) is 0 Å². The molecule has 1 unspecified atom stereocenters. The fourth-order valence-corrected chi connectivity index (χ4v) is 3.91. The molecule has 6 heteroatoms. The molecule has 1 aliphatic rings. The summed E-state index contributed by atoms with van der Waals surface area (Å²) >= 11 is 3.63. The van der Waals surface area contributed by atoms with Gasteiger partial charge in [-0.15, -0.1) is 0 Å². The lowest BCUT2D eigenvalue weighted by Gasteiger charge is -2.41. The highest BCUT2D eigenvalue weighted by molar-refractivity contribution is 9.10. The molecular weight excluding hydrogens is 430 g/mol. The molecule has 4 rings (SSSR count). The third-order valence-electron chi connectivity index (χ3n) is 4.83. The van der Waals surface area contributed by atoms with Crippen LogP contribution in [-0.4, -0.2) is 31.8 Å². The molecular formula is C23H20BrN3O2. The van der Waals surface area contributed by atoms with E-state index in [4.69, 9.17) is 9.84 Å². The van der Waals surface area contributed by atoms with Crippen molar-refractivity contribution in [2.24, 2.45) is 5.10 Å². The Bertz CT molecular complexity index is 1040. The van der Waals surface area contributed by atoms with Gasteiger partial charge in [-0.25, -0.2) is 5.01 Å². The molecule has 0 saturated carbocycles. The topological polar surface area (TPSA) is 45.1 Å². The number of hydrogen-bond acceptors (Lipinski definition) is 5. The molecule has 29 heavy (non-hydrogen) atoms. The molecule has 1 heterocycles. The van der Waals surface area contributed by atoms with Crippen LogP contribution >= 0.6 is 15.9 Å². The maximum Gasteiger partial charge on any atom is 0.180 e. The quantitative estimate of drug-likeness (QED) is 0.528. The molecule has 0 saturated heterocycles. The third-order valence-corrected chi connectivity index (χ3v) is 5.50. The molecule has 0 aliphatic carbocycles. The maximum atomic E-state index is 12.2. The number of hydrogen-bond donors (Lipinski definition) is 0. The largest absolute Gasteiger partial charge is 0.497 e. The van der Waals surface area contributed by atoms with Crippen LogP contribution in [0.4, 0.5) is 11.4 Å². The molecule has 0 bridgehead atoms. The lowest BCUT2D eigenvalue weighted by atomic mass is 10.1. The first-order valence-electron chi connectivity index (χ1n) is 9.24. The zero-order chi connectivity index (χ0) is 20.2. The first-order chi connectivity index (χ1) is 14.2. The van der Waals surface area contributed by atoms with Gasteiger partial charge in [0.25, 0.3) is 0 Å². The number of hydrazone groups is 1. The minimum atomic E-state index is -0.564. The maximum absolute atomic E-state index is 12.2. The van der Waals surface area contributed by atoms with Crippen molar-refractivity contribution in [1.29, 1.82) is 0 Å². The summed E-state index contributed by atoms with van der Waals surface area (Å²) in [6.45, 7) is 0.489. The van der Waals surface area contributed by atoms with Gasteiger partial charge in [0.1, 0.15) is 5.75 Å². The fraction of sp³-hybridized carbons (Fsp3) is 0.130. The zero-order valence-corrected chi connectivity index (χ0v) is 17.5. The van der Waals surface area contributed by atoms with E-state index >= 15 is 0 Å². The monoisotopic (exact) mass is 449 g/mol. The summed E-state index contributed by atoms with van der Waals surface area (Å²) in [4.78, 5) is 14.2. The van der Waals surface area contributed by atoms with E-state index in [1.807, 2.05) is 83.8 Å². The highest BCUT2D eigenvalue weighted by atomic mass is 79.9. The number of benzene rings is 3. The molecule has 5 nitrogen and oxygen atoms in total. The van der Waals surface area contributed by atoms with E-state index in [2.05, 4.69) is 15.9 Å². The van der Waals surface area contributed by atoms with Crippen molar-refractivity contribution in [1.82, 2.24) is 0 Å². The molecule has 146 valence electrons. The van der Waals surface area contributed by atoms with E-state index in [0.29, 0.717) is 6.54 Å². The van der Waals surface area contributed by atoms with Crippen LogP contribution < -0.4 is 14.6 Å². The van der Waals surface area contributed by atoms with E-state index in [9.17, 15) is 4.79 Å². The number of ether oxygens (including phenoxy) is 1. The predicted molar refractivity (Wildman–Crippen MR) is 120 cm³/mol. The van der Waals surface area contributed by atoms with Crippen LogP contribution in [0.3, 0.4) is 0 Å². The Kier molecular flexibility index (Phi) is 5.62. The summed E-state index contributed by atoms with van der Waals surface area (Å²) in [5.41, 5.74) is 3.58. The van der Waals surface area contributed by atoms with Gasteiger partial charge in [0, 0.05) is 10.0 Å². The fourth-order valence-electron chi connectivity index (χ4n) is 3.39. The lowest BCUT2D eigenvalue weighted by molar-refractivity contribution is -0.109. The number of rotatable bonds is 5. The number of halogens is 1. The van der Waals surface area contributed by atoms with Crippen molar-refractivity contribution in [3.63, 3.8) is 0 Å². The number of para-hydroxylation sites is 2. The van der Waals surface area contributed by atoms with Crippen LogP contribution in [0.25, 0.3) is 0 Å². The summed E-state index contributed by atoms with van der Waals surface area (Å²) in [6.07, 6.45) is 0.364. The lowest BCUT2D eigenvalue weighted by Crippen LogP contribution is -2.54. The highest BCUT2D eigenvalue weighted by Crippen LogP contribution is 2.32. The van der Waals surface area contributed by atoms with Crippen molar-refractivity contribution < 1.29 is 9.53 Å². The van der Waals surface area contributed by atoms with Crippen LogP contribution in [0.2, 0.25) is 0 Å². The first-order valence-corrected chi connectivity index (χ1v) is 10.0. The van der Waals surface area contributed by atoms with Gasteiger partial charge in [-0.1, -0.05) is 42.5 Å². The highest BCUT2D eigenvalue weighted by Gasteiger charge is 2.32. The van der Waals surface area contributed by atoms with Gasteiger partial charge in [-0.05, 0) is 52.3 Å². The second-order valence-electron chi connectivity index (χ2n) is 6.59. The summed E-state index contributed by atoms with van der Waals surface area (Å²) in [6, 6.07) is 25.4. The normalized spacial score (nSPS) is 16.3. The summed E-state index contributed by atoms with van der Waals surface area (Å²) in [5.74, 6) is 0.765. The van der Waals surface area contributed by atoms with Gasteiger partial charge in [0.2, 0.25) is 0 Å². The molecule has 3 aromatic carbocycles. The molecule has 1 atom stereocenters. The van der Waals surface area contributed by atoms with Gasteiger partial charge in [0.05, 0.1) is 30.7 Å². The van der Waals surface area contributed by atoms with Crippen LogP contribution in [0.15, 0.2) is 88.4 Å². The number of carbonyl (C=O) groups excluding carboxylic acids is 1. The number of carbonyl (C=O) groups is 1. The van der Waals surface area contributed by atoms with Crippen LogP contribution in [0.5, 0.6) is 5.75 Å². The Morgan fingerprint density at radius 3 is 2.52 bits per heavy atom. The Balaban J connectivity index is 1.85. The number of aldehydes is 1. The van der Waals surface area contributed by atoms with E-state index < -0.39 is 6.17 Å². The Hall–Kier alpha value is -3.12. The molecule has 3 aromatic rings. The SMILES string of the molecule is COc1cccc(C2=NN(c3ccccc3)C(C=O)N(c3ccccc3Br)C2)c1. The van der Waals surface area contributed by atoms with Gasteiger partial charge >= 0.3 is 0 Å². The molecule has 1 aliphatic heterocycles. The van der Waals surface area contributed by atoms with Crippen molar-refractivity contribution in [2.75, 3.05) is 23.6 Å². The van der Waals surface area contributed by atoms with E-state index in [1.54, 1.807) is 12.1 Å².